The molecule has 0 spiro atoms. The molecule has 0 aliphatic carbocycles. The predicted octanol–water partition coefficient (Wildman–Crippen LogP) is -0.862. The Morgan fingerprint density at radius 3 is 2.65 bits per heavy atom. The molecule has 0 aromatic carbocycles. The summed E-state index contributed by atoms with van der Waals surface area (Å²) in [5.41, 5.74) is 1.05. The number of aryl methyl sites for hydroxylation is 1. The van der Waals surface area contributed by atoms with E-state index in [1.54, 1.807) is 0 Å². The molecule has 0 saturated carbocycles. The fraction of sp³-hybridized carbons (Fsp3) is 0.583. The number of furan rings is 1. The lowest BCUT2D eigenvalue weighted by atomic mass is 9.97. The third-order valence-electron chi connectivity index (χ3n) is 4.05. The Morgan fingerprint density at radius 1 is 1.47 bits per heavy atom. The average Bonchev–Trinajstić information content (AvgIpc) is 2.92. The van der Waals surface area contributed by atoms with Crippen LogP contribution in [0.3, 0.4) is 0 Å². The molecule has 17 heavy (non-hydrogen) atoms. The minimum Gasteiger partial charge on any atom is -0.457 e. The molecule has 2 aliphatic heterocycles. The molecule has 0 radical (unpaired) electrons. The number of nitrogens with one attached hydrogen (secondary N) is 1. The van der Waals surface area contributed by atoms with Gasteiger partial charge in [-0.1, -0.05) is 0 Å². The summed E-state index contributed by atoms with van der Waals surface area (Å²) in [6, 6.07) is 1.85. The van der Waals surface area contributed by atoms with Gasteiger partial charge in [0.15, 0.2) is 5.76 Å². The van der Waals surface area contributed by atoms with Crippen molar-refractivity contribution < 1.29 is 9.21 Å². The topological polar surface area (TPSA) is 45.5 Å². The van der Waals surface area contributed by atoms with Gasteiger partial charge in [-0.05, 0) is 30.3 Å². The van der Waals surface area contributed by atoms with Crippen LogP contribution in [-0.4, -0.2) is 44.8 Å². The molecule has 3 heterocycles. The molecule has 2 atom stereocenters. The van der Waals surface area contributed by atoms with Gasteiger partial charge in [-0.25, -0.2) is 0 Å². The summed E-state index contributed by atoms with van der Waals surface area (Å²) in [4.78, 5) is 14.2. The van der Waals surface area contributed by atoms with E-state index in [1.165, 1.54) is 0 Å². The molecule has 2 saturated heterocycles. The molecule has 2 fully saturated rings. The Bertz CT molecular complexity index is 426. The maximum atomic E-state index is 12.3. The highest BCUT2D eigenvalue weighted by Crippen LogP contribution is 2.27. The molecule has 2 aliphatic rings. The zero-order chi connectivity index (χ0) is 12.0. The van der Waals surface area contributed by atoms with Gasteiger partial charge >= 0.3 is 0 Å². The van der Waals surface area contributed by atoms with Gasteiger partial charge in [0.25, 0.3) is 5.91 Å². The van der Waals surface area contributed by atoms with Crippen LogP contribution in [0.15, 0.2) is 10.5 Å². The van der Waals surface area contributed by atoms with Gasteiger partial charge in [0.05, 0.1) is 5.76 Å². The number of hydrogen-bond acceptors (Lipinski definition) is 3. The molecule has 1 N–H and O–H groups in total. The van der Waals surface area contributed by atoms with E-state index in [0.717, 1.165) is 37.4 Å². The monoisotopic (exact) mass is 232 g/mol. The number of carbonyl (C=O) groups is 1. The van der Waals surface area contributed by atoms with Gasteiger partial charge in [0.2, 0.25) is 0 Å². The van der Waals surface area contributed by atoms with E-state index >= 15 is 0 Å². The van der Waals surface area contributed by atoms with Crippen LogP contribution >= 0.6 is 0 Å². The quantitative estimate of drug-likeness (QED) is 0.641. The first-order valence-corrected chi connectivity index (χ1v) is 6.22. The van der Waals surface area contributed by atoms with Crippen LogP contribution in [0.2, 0.25) is 0 Å². The molecule has 0 bridgehead atoms. The summed E-state index contributed by atoms with van der Waals surface area (Å²) < 4.78 is 5.50. The van der Waals surface area contributed by atoms with Crippen molar-refractivity contribution in [2.75, 3.05) is 26.2 Å². The molecular formula is C12H17BN2O2. The Morgan fingerprint density at radius 2 is 2.12 bits per heavy atom. The highest BCUT2D eigenvalue weighted by atomic mass is 16.4. The Hall–Kier alpha value is -1.23. The summed E-state index contributed by atoms with van der Waals surface area (Å²) in [5, 5.41) is 3.38. The number of fused-ring (bicyclic) bond motifs is 1. The number of likely N-dealkylation sites (tertiary alicyclic amines) is 1. The van der Waals surface area contributed by atoms with Gasteiger partial charge in [0, 0.05) is 26.2 Å². The van der Waals surface area contributed by atoms with Crippen LogP contribution in [0, 0.1) is 18.8 Å². The molecule has 1 amide bonds. The minimum absolute atomic E-state index is 0.0515. The second-order valence-corrected chi connectivity index (χ2v) is 5.24. The van der Waals surface area contributed by atoms with E-state index in [4.69, 9.17) is 4.42 Å². The molecule has 1 aromatic heterocycles. The minimum atomic E-state index is 0.0515. The summed E-state index contributed by atoms with van der Waals surface area (Å²) in [6.45, 7) is 5.73. The van der Waals surface area contributed by atoms with Gasteiger partial charge < -0.3 is 14.6 Å². The summed E-state index contributed by atoms with van der Waals surface area (Å²) >= 11 is 0. The Balaban J connectivity index is 1.75. The fourth-order valence-electron chi connectivity index (χ4n) is 2.86. The Kier molecular flexibility index (Phi) is 2.51. The van der Waals surface area contributed by atoms with Crippen LogP contribution in [0.5, 0.6) is 0 Å². The number of carbonyl (C=O) groups excluding carboxylic acids is 1. The van der Waals surface area contributed by atoms with E-state index in [9.17, 15) is 4.79 Å². The highest BCUT2D eigenvalue weighted by molar-refractivity contribution is 6.33. The normalized spacial score (nSPS) is 27.5. The van der Waals surface area contributed by atoms with Crippen molar-refractivity contribution in [2.24, 2.45) is 11.8 Å². The number of hydrogen-bond donors (Lipinski definition) is 1. The molecule has 90 valence electrons. The molecule has 2 unspecified atom stereocenters. The van der Waals surface area contributed by atoms with Gasteiger partial charge in [-0.2, -0.15) is 0 Å². The molecule has 3 rings (SSSR count). The maximum absolute atomic E-state index is 12.3. The number of amides is 1. The van der Waals surface area contributed by atoms with E-state index in [1.807, 2.05) is 25.7 Å². The van der Waals surface area contributed by atoms with E-state index in [0.29, 0.717) is 17.6 Å². The average molecular weight is 232 g/mol. The van der Waals surface area contributed by atoms with Gasteiger partial charge in [-0.3, -0.25) is 4.79 Å². The maximum Gasteiger partial charge on any atom is 0.289 e. The molecular weight excluding hydrogens is 215 g/mol. The third-order valence-corrected chi connectivity index (χ3v) is 4.05. The zero-order valence-corrected chi connectivity index (χ0v) is 10.3. The van der Waals surface area contributed by atoms with Crippen molar-refractivity contribution in [1.82, 2.24) is 10.2 Å². The number of nitrogens with zero attached hydrogens (tertiary/aromatic N) is 1. The van der Waals surface area contributed by atoms with Gasteiger partial charge in [0.1, 0.15) is 7.85 Å². The first-order valence-electron chi connectivity index (χ1n) is 6.22. The molecule has 5 heteroatoms. The molecule has 4 nitrogen and oxygen atoms in total. The van der Waals surface area contributed by atoms with Crippen molar-refractivity contribution in [2.45, 2.75) is 6.92 Å². The third kappa shape index (κ3) is 1.78. The van der Waals surface area contributed by atoms with Crippen LogP contribution in [0.25, 0.3) is 0 Å². The van der Waals surface area contributed by atoms with Crippen molar-refractivity contribution >= 4 is 19.2 Å². The largest absolute Gasteiger partial charge is 0.457 e. The zero-order valence-electron chi connectivity index (χ0n) is 10.3. The Labute approximate surface area is 102 Å². The van der Waals surface area contributed by atoms with Crippen molar-refractivity contribution in [3.8, 4) is 0 Å². The number of rotatable bonds is 1. The first kappa shape index (κ1) is 10.9. The lowest BCUT2D eigenvalue weighted by Gasteiger charge is -2.15. The smallest absolute Gasteiger partial charge is 0.289 e. The lowest BCUT2D eigenvalue weighted by Crippen LogP contribution is -2.31. The summed E-state index contributed by atoms with van der Waals surface area (Å²) in [5.74, 6) is 2.66. The summed E-state index contributed by atoms with van der Waals surface area (Å²) in [6.07, 6.45) is 0. The predicted molar refractivity (Wildman–Crippen MR) is 67.4 cm³/mol. The van der Waals surface area contributed by atoms with E-state index < -0.39 is 0 Å². The van der Waals surface area contributed by atoms with Crippen LogP contribution in [0.4, 0.5) is 0 Å². The van der Waals surface area contributed by atoms with Crippen LogP contribution < -0.4 is 10.8 Å². The molecule has 1 aromatic rings. The van der Waals surface area contributed by atoms with Crippen LogP contribution in [0.1, 0.15) is 16.3 Å². The lowest BCUT2D eigenvalue weighted by molar-refractivity contribution is 0.0748. The van der Waals surface area contributed by atoms with Gasteiger partial charge in [-0.15, -0.1) is 0 Å². The fourth-order valence-corrected chi connectivity index (χ4v) is 2.86. The first-order chi connectivity index (χ1) is 8.15. The highest BCUT2D eigenvalue weighted by Gasteiger charge is 2.38. The summed E-state index contributed by atoms with van der Waals surface area (Å²) in [7, 11) is 1.97. The second-order valence-electron chi connectivity index (χ2n) is 5.24. The standard InChI is InChI=1S/C12H17BN2O2/c1-7-10(13)2-11(17-7)12(16)15-5-8-3-14-4-9(8)6-15/h2,8-9,14H,3-6,13H2,1H3. The van der Waals surface area contributed by atoms with Crippen molar-refractivity contribution in [3.05, 3.63) is 17.6 Å². The van der Waals surface area contributed by atoms with Crippen molar-refractivity contribution in [3.63, 3.8) is 0 Å². The van der Waals surface area contributed by atoms with E-state index in [-0.39, 0.29) is 5.91 Å². The van der Waals surface area contributed by atoms with Crippen molar-refractivity contribution in [1.29, 1.82) is 0 Å². The second kappa shape index (κ2) is 3.91. The SMILES string of the molecule is Bc1cc(C(=O)N2CC3CNCC3C2)oc1C. The van der Waals surface area contributed by atoms with E-state index in [2.05, 4.69) is 5.32 Å². The van der Waals surface area contributed by atoms with Crippen LogP contribution in [-0.2, 0) is 0 Å².